The fraction of sp³-hybridized carbons (Fsp3) is 0.355. The van der Waals surface area contributed by atoms with E-state index in [1.54, 1.807) is 0 Å². The van der Waals surface area contributed by atoms with E-state index in [0.717, 1.165) is 11.1 Å². The van der Waals surface area contributed by atoms with Crippen molar-refractivity contribution in [3.8, 4) is 0 Å². The zero-order chi connectivity index (χ0) is 27.5. The van der Waals surface area contributed by atoms with Crippen LogP contribution in [0.5, 0.6) is 0 Å². The van der Waals surface area contributed by atoms with E-state index in [-0.39, 0.29) is 17.1 Å². The lowest BCUT2D eigenvalue weighted by Gasteiger charge is -2.45. The molecule has 3 atom stereocenters. The normalized spacial score (nSPS) is 24.4. The second-order valence-electron chi connectivity index (χ2n) is 12.0. The van der Waals surface area contributed by atoms with Gasteiger partial charge in [-0.2, -0.15) is 0 Å². The molecule has 1 fully saturated rings. The van der Waals surface area contributed by atoms with Gasteiger partial charge in [-0.3, -0.25) is 0 Å². The third-order valence-corrected chi connectivity index (χ3v) is 13.3. The van der Waals surface area contributed by atoms with Gasteiger partial charge >= 0.3 is 0 Å². The lowest BCUT2D eigenvalue weighted by Crippen LogP contribution is -2.68. The number of nitrogens with one attached hydrogen (secondary N) is 1. The van der Waals surface area contributed by atoms with E-state index in [1.165, 1.54) is 16.7 Å². The second-order valence-corrected chi connectivity index (χ2v) is 16.6. The topological polar surface area (TPSA) is 69.3 Å². The van der Waals surface area contributed by atoms with Crippen LogP contribution >= 0.6 is 11.6 Å². The lowest BCUT2D eigenvalue weighted by atomic mass is 9.86. The summed E-state index contributed by atoms with van der Waals surface area (Å²) in [5.41, 5.74) is 0.860. The number of aromatic amines is 1. The average Bonchev–Trinajstić information content (AvgIpc) is 3.54. The maximum Gasteiger partial charge on any atom is 0.261 e. The number of benzene rings is 2. The van der Waals surface area contributed by atoms with E-state index in [0.29, 0.717) is 17.4 Å². The SMILES string of the molecule is CC1(C)O[C@@H]2C=C[C@H](c3cc4c(Cl)ncnc4[nH]3)[C@@]2(CO[Si](c2ccccc2)(c2ccccc2)C(C)(C)C)O1. The van der Waals surface area contributed by atoms with Crippen LogP contribution in [0.4, 0.5) is 0 Å². The van der Waals surface area contributed by atoms with Gasteiger partial charge in [0.25, 0.3) is 8.32 Å². The molecule has 0 saturated carbocycles. The van der Waals surface area contributed by atoms with Gasteiger partial charge in [0.05, 0.1) is 17.9 Å². The molecule has 4 aromatic rings. The zero-order valence-electron chi connectivity index (χ0n) is 22.9. The molecule has 1 aliphatic heterocycles. The minimum atomic E-state index is -2.82. The molecule has 0 unspecified atom stereocenters. The molecule has 3 heterocycles. The van der Waals surface area contributed by atoms with E-state index >= 15 is 0 Å². The maximum absolute atomic E-state index is 7.42. The van der Waals surface area contributed by atoms with Crippen LogP contribution in [0, 0.1) is 0 Å². The fourth-order valence-electron chi connectivity index (χ4n) is 6.41. The Labute approximate surface area is 235 Å². The van der Waals surface area contributed by atoms with Gasteiger partial charge in [0.15, 0.2) is 5.79 Å². The first-order valence-electron chi connectivity index (χ1n) is 13.4. The molecule has 1 saturated heterocycles. The Morgan fingerprint density at radius 1 is 0.974 bits per heavy atom. The molecule has 0 bridgehead atoms. The molecular weight excluding hydrogens is 526 g/mol. The first kappa shape index (κ1) is 26.4. The number of ether oxygens (including phenoxy) is 2. The van der Waals surface area contributed by atoms with Crippen LogP contribution in [0.25, 0.3) is 11.0 Å². The molecule has 0 amide bonds. The Kier molecular flexibility index (Phi) is 6.36. The molecule has 8 heteroatoms. The largest absolute Gasteiger partial charge is 0.404 e. The average molecular weight is 560 g/mol. The molecule has 2 aliphatic rings. The van der Waals surface area contributed by atoms with E-state index < -0.39 is 19.7 Å². The number of hydrogen-bond acceptors (Lipinski definition) is 5. The summed E-state index contributed by atoms with van der Waals surface area (Å²) < 4.78 is 20.7. The van der Waals surface area contributed by atoms with Crippen molar-refractivity contribution in [1.82, 2.24) is 15.0 Å². The molecule has 2 aromatic heterocycles. The lowest BCUT2D eigenvalue weighted by molar-refractivity contribution is -0.172. The number of halogens is 1. The molecule has 0 spiro atoms. The number of rotatable bonds is 6. The molecule has 6 nitrogen and oxygen atoms in total. The highest BCUT2D eigenvalue weighted by Crippen LogP contribution is 2.51. The zero-order valence-corrected chi connectivity index (χ0v) is 24.7. The Morgan fingerprint density at radius 3 is 2.21 bits per heavy atom. The van der Waals surface area contributed by atoms with Gasteiger partial charge in [0.2, 0.25) is 0 Å². The molecule has 6 rings (SSSR count). The predicted octanol–water partition coefficient (Wildman–Crippen LogP) is 5.73. The van der Waals surface area contributed by atoms with Crippen LogP contribution in [0.1, 0.15) is 46.2 Å². The third kappa shape index (κ3) is 4.28. The van der Waals surface area contributed by atoms with Gasteiger partial charge in [-0.1, -0.05) is 105 Å². The van der Waals surface area contributed by atoms with Crippen molar-refractivity contribution in [3.05, 3.63) is 96.1 Å². The molecular formula is C31H34ClN3O3Si. The minimum absolute atomic E-state index is 0.159. The highest BCUT2D eigenvalue weighted by molar-refractivity contribution is 6.99. The van der Waals surface area contributed by atoms with Gasteiger partial charge in [-0.25, -0.2) is 9.97 Å². The minimum Gasteiger partial charge on any atom is -0.404 e. The number of hydrogen-bond donors (Lipinski definition) is 1. The first-order valence-corrected chi connectivity index (χ1v) is 15.6. The quantitative estimate of drug-likeness (QED) is 0.185. The Hall–Kier alpha value is -2.81. The summed E-state index contributed by atoms with van der Waals surface area (Å²) in [7, 11) is -2.82. The van der Waals surface area contributed by atoms with Gasteiger partial charge in [-0.05, 0) is 35.3 Å². The van der Waals surface area contributed by atoms with Crippen LogP contribution < -0.4 is 10.4 Å². The van der Waals surface area contributed by atoms with Gasteiger partial charge in [0, 0.05) is 5.69 Å². The number of fused-ring (bicyclic) bond motifs is 2. The van der Waals surface area contributed by atoms with E-state index in [9.17, 15) is 0 Å². The summed E-state index contributed by atoms with van der Waals surface area (Å²) >= 11 is 6.41. The summed E-state index contributed by atoms with van der Waals surface area (Å²) in [5.74, 6) is -0.931. The van der Waals surface area contributed by atoms with Crippen molar-refractivity contribution in [2.24, 2.45) is 0 Å². The Bertz CT molecular complexity index is 1480. The highest BCUT2D eigenvalue weighted by atomic mass is 35.5. The van der Waals surface area contributed by atoms with Crippen molar-refractivity contribution >= 4 is 41.3 Å². The van der Waals surface area contributed by atoms with Crippen LogP contribution in [0.15, 0.2) is 85.2 Å². The molecule has 2 aromatic carbocycles. The molecule has 1 N–H and O–H groups in total. The van der Waals surface area contributed by atoms with Gasteiger partial charge in [0.1, 0.15) is 28.8 Å². The maximum atomic E-state index is 7.42. The summed E-state index contributed by atoms with van der Waals surface area (Å²) in [4.78, 5) is 12.0. The summed E-state index contributed by atoms with van der Waals surface area (Å²) in [6, 6.07) is 23.4. The van der Waals surface area contributed by atoms with Crippen molar-refractivity contribution in [2.75, 3.05) is 6.61 Å². The van der Waals surface area contributed by atoms with Crippen LogP contribution in [-0.4, -0.2) is 47.4 Å². The molecule has 1 aliphatic carbocycles. The smallest absolute Gasteiger partial charge is 0.261 e. The van der Waals surface area contributed by atoms with Crippen LogP contribution in [0.3, 0.4) is 0 Å². The van der Waals surface area contributed by atoms with E-state index in [2.05, 4.69) is 109 Å². The standard InChI is InChI=1S/C31H34ClN3O3Si/c1-29(2,3)39(21-12-8-6-9-13-21,22-14-10-7-11-15-22)36-19-31-24(16-17-26(31)37-30(4,5)38-31)25-18-23-27(32)33-20-34-28(23)35-25/h6-18,20,24,26H,19H2,1-5H3,(H,33,34,35)/t24-,26-,31-/m1/s1. The number of nitrogens with zero attached hydrogens (tertiary/aromatic N) is 2. The Balaban J connectivity index is 1.47. The first-order chi connectivity index (χ1) is 18.6. The van der Waals surface area contributed by atoms with E-state index in [4.69, 9.17) is 25.5 Å². The molecule has 0 radical (unpaired) electrons. The van der Waals surface area contributed by atoms with Gasteiger partial charge < -0.3 is 18.9 Å². The predicted molar refractivity (Wildman–Crippen MR) is 157 cm³/mol. The summed E-state index contributed by atoms with van der Waals surface area (Å²) in [5, 5.41) is 3.49. The van der Waals surface area contributed by atoms with Crippen molar-refractivity contribution in [3.63, 3.8) is 0 Å². The van der Waals surface area contributed by atoms with Gasteiger partial charge in [-0.15, -0.1) is 0 Å². The van der Waals surface area contributed by atoms with Crippen LogP contribution in [-0.2, 0) is 13.9 Å². The summed E-state index contributed by atoms with van der Waals surface area (Å²) in [6.45, 7) is 11.1. The van der Waals surface area contributed by atoms with Crippen molar-refractivity contribution in [1.29, 1.82) is 0 Å². The molecule has 202 valence electrons. The summed E-state index contributed by atoms with van der Waals surface area (Å²) in [6.07, 6.45) is 5.45. The number of aromatic nitrogens is 3. The van der Waals surface area contributed by atoms with Crippen LogP contribution in [0.2, 0.25) is 10.2 Å². The third-order valence-electron chi connectivity index (χ3n) is 8.00. The highest BCUT2D eigenvalue weighted by Gasteiger charge is 2.61. The fourth-order valence-corrected chi connectivity index (χ4v) is 11.2. The molecule has 39 heavy (non-hydrogen) atoms. The Morgan fingerprint density at radius 2 is 1.62 bits per heavy atom. The monoisotopic (exact) mass is 559 g/mol. The van der Waals surface area contributed by atoms with Crippen molar-refractivity contribution in [2.45, 2.75) is 63.1 Å². The second kappa shape index (κ2) is 9.39. The van der Waals surface area contributed by atoms with E-state index in [1.807, 2.05) is 19.9 Å². The van der Waals surface area contributed by atoms with Crippen molar-refractivity contribution < 1.29 is 13.9 Å². The number of H-pyrrole nitrogens is 1.